The average molecular weight is 368 g/mol. The van der Waals surface area contributed by atoms with Crippen molar-refractivity contribution in [2.45, 2.75) is 32.0 Å². The second kappa shape index (κ2) is 7.00. The molecule has 0 aromatic heterocycles. The van der Waals surface area contributed by atoms with Crippen LogP contribution in [0, 0.1) is 17.6 Å². The predicted molar refractivity (Wildman–Crippen MR) is 94.5 cm³/mol. The minimum absolute atomic E-state index is 0.0218. The number of alkyl halides is 1. The van der Waals surface area contributed by atoms with Crippen LogP contribution in [0.2, 0.25) is 5.02 Å². The molecule has 1 unspecified atom stereocenters. The Hall–Kier alpha value is -1.52. The van der Waals surface area contributed by atoms with Crippen LogP contribution >= 0.6 is 11.6 Å². The molecule has 1 aliphatic heterocycles. The van der Waals surface area contributed by atoms with Gasteiger partial charge in [-0.15, -0.1) is 0 Å². The van der Waals surface area contributed by atoms with E-state index in [2.05, 4.69) is 4.90 Å². The minimum atomic E-state index is -1.56. The summed E-state index contributed by atoms with van der Waals surface area (Å²) >= 11 is 5.89. The van der Waals surface area contributed by atoms with Gasteiger partial charge in [-0.05, 0) is 55.2 Å². The maximum Gasteiger partial charge on any atom is 0.126 e. The molecule has 5 heteroatoms. The van der Waals surface area contributed by atoms with E-state index in [1.54, 1.807) is 0 Å². The normalized spacial score (nSPS) is 17.4. The molecule has 25 heavy (non-hydrogen) atoms. The summed E-state index contributed by atoms with van der Waals surface area (Å²) < 4.78 is 41.9. The Balaban J connectivity index is 1.71. The fourth-order valence-corrected chi connectivity index (χ4v) is 3.91. The van der Waals surface area contributed by atoms with Crippen molar-refractivity contribution in [2.75, 3.05) is 13.1 Å². The summed E-state index contributed by atoms with van der Waals surface area (Å²) in [6, 6.07) is 10.9. The largest absolute Gasteiger partial charge is 0.298 e. The van der Waals surface area contributed by atoms with Gasteiger partial charge in [0.25, 0.3) is 0 Å². The van der Waals surface area contributed by atoms with E-state index in [4.69, 9.17) is 11.6 Å². The van der Waals surface area contributed by atoms with E-state index in [9.17, 15) is 13.2 Å². The zero-order valence-corrected chi connectivity index (χ0v) is 15.0. The van der Waals surface area contributed by atoms with E-state index >= 15 is 0 Å². The van der Waals surface area contributed by atoms with Crippen molar-refractivity contribution in [2.24, 2.45) is 5.92 Å². The lowest BCUT2D eigenvalue weighted by Gasteiger charge is -2.46. The number of benzene rings is 2. The van der Waals surface area contributed by atoms with Gasteiger partial charge in [-0.2, -0.15) is 0 Å². The maximum atomic E-state index is 14.8. The zero-order valence-electron chi connectivity index (χ0n) is 14.3. The number of hydrogen-bond acceptors (Lipinski definition) is 1. The molecule has 1 aliphatic rings. The topological polar surface area (TPSA) is 3.24 Å². The van der Waals surface area contributed by atoms with Gasteiger partial charge in [-0.25, -0.2) is 13.2 Å². The molecule has 134 valence electrons. The molecule has 2 aromatic carbocycles. The molecular weight excluding hydrogens is 347 g/mol. The molecule has 1 heterocycles. The van der Waals surface area contributed by atoms with Gasteiger partial charge in [0, 0.05) is 36.6 Å². The van der Waals surface area contributed by atoms with Crippen molar-refractivity contribution >= 4 is 11.6 Å². The van der Waals surface area contributed by atoms with Gasteiger partial charge >= 0.3 is 0 Å². The van der Waals surface area contributed by atoms with Crippen LogP contribution < -0.4 is 0 Å². The van der Waals surface area contributed by atoms with Gasteiger partial charge in [0.2, 0.25) is 0 Å². The van der Waals surface area contributed by atoms with E-state index < -0.39 is 23.2 Å². The molecular formula is C20H21ClF3N. The second-order valence-electron chi connectivity index (χ2n) is 7.33. The Morgan fingerprint density at radius 2 is 1.64 bits per heavy atom. The van der Waals surface area contributed by atoms with Crippen molar-refractivity contribution in [1.29, 1.82) is 0 Å². The third-order valence-electron chi connectivity index (χ3n) is 4.76. The highest BCUT2D eigenvalue weighted by atomic mass is 35.5. The quantitative estimate of drug-likeness (QED) is 0.666. The first-order valence-corrected chi connectivity index (χ1v) is 8.72. The van der Waals surface area contributed by atoms with Gasteiger partial charge < -0.3 is 0 Å². The average Bonchev–Trinajstić information content (AvgIpc) is 2.44. The molecule has 0 spiro atoms. The number of halogens is 4. The van der Waals surface area contributed by atoms with Gasteiger partial charge in [-0.1, -0.05) is 23.7 Å². The summed E-state index contributed by atoms with van der Waals surface area (Å²) in [4.78, 5) is 2.20. The molecule has 2 aromatic rings. The van der Waals surface area contributed by atoms with Gasteiger partial charge in [0.15, 0.2) is 0 Å². The molecule has 0 aliphatic carbocycles. The van der Waals surface area contributed by atoms with Crippen LogP contribution in [0.4, 0.5) is 13.2 Å². The monoisotopic (exact) mass is 367 g/mol. The van der Waals surface area contributed by atoms with Crippen molar-refractivity contribution in [1.82, 2.24) is 4.90 Å². The highest BCUT2D eigenvalue weighted by Crippen LogP contribution is 2.42. The molecule has 0 amide bonds. The number of hydrogen-bond donors (Lipinski definition) is 0. The number of rotatable bonds is 5. The molecule has 0 bridgehead atoms. The number of nitrogens with zero attached hydrogens (tertiary/aromatic N) is 1. The summed E-state index contributed by atoms with van der Waals surface area (Å²) in [6.45, 7) is 5.09. The van der Waals surface area contributed by atoms with Crippen LogP contribution in [-0.4, -0.2) is 23.7 Å². The van der Waals surface area contributed by atoms with Crippen molar-refractivity contribution < 1.29 is 13.2 Å². The van der Waals surface area contributed by atoms with Crippen molar-refractivity contribution in [3.63, 3.8) is 0 Å². The molecule has 1 nitrogen and oxygen atoms in total. The maximum absolute atomic E-state index is 14.8. The third-order valence-corrected chi connectivity index (χ3v) is 5.01. The van der Waals surface area contributed by atoms with Gasteiger partial charge in [0.05, 0.1) is 0 Å². The van der Waals surface area contributed by atoms with Gasteiger partial charge in [0.1, 0.15) is 17.3 Å². The summed E-state index contributed by atoms with van der Waals surface area (Å²) in [5.74, 6) is -1.85. The van der Waals surface area contributed by atoms with E-state index in [0.29, 0.717) is 23.7 Å². The summed E-state index contributed by atoms with van der Waals surface area (Å²) in [6.07, 6.45) is 0. The minimum Gasteiger partial charge on any atom is -0.298 e. The predicted octanol–water partition coefficient (Wildman–Crippen LogP) is 5.58. The van der Waals surface area contributed by atoms with E-state index in [1.807, 2.05) is 24.3 Å². The Kier molecular flexibility index (Phi) is 5.12. The molecule has 0 saturated carbocycles. The fraction of sp³-hybridized carbons (Fsp3) is 0.400. The highest BCUT2D eigenvalue weighted by Gasteiger charge is 2.43. The lowest BCUT2D eigenvalue weighted by Crippen LogP contribution is -2.52. The van der Waals surface area contributed by atoms with Crippen LogP contribution in [-0.2, 0) is 6.54 Å². The Bertz CT molecular complexity index is 713. The Morgan fingerprint density at radius 1 is 1.08 bits per heavy atom. The molecule has 1 fully saturated rings. The first-order chi connectivity index (χ1) is 11.7. The van der Waals surface area contributed by atoms with Crippen LogP contribution in [0.5, 0.6) is 0 Å². The highest BCUT2D eigenvalue weighted by molar-refractivity contribution is 6.30. The second-order valence-corrected chi connectivity index (χ2v) is 7.76. The molecule has 1 saturated heterocycles. The smallest absolute Gasteiger partial charge is 0.126 e. The van der Waals surface area contributed by atoms with Crippen LogP contribution in [0.25, 0.3) is 0 Å². The first kappa shape index (κ1) is 18.3. The molecule has 0 N–H and O–H groups in total. The molecule has 3 rings (SSSR count). The summed E-state index contributed by atoms with van der Waals surface area (Å²) in [5, 5.41) is 0.692. The lowest BCUT2D eigenvalue weighted by atomic mass is 9.73. The first-order valence-electron chi connectivity index (χ1n) is 8.34. The van der Waals surface area contributed by atoms with Crippen molar-refractivity contribution in [3.8, 4) is 0 Å². The Morgan fingerprint density at radius 3 is 2.16 bits per heavy atom. The summed E-state index contributed by atoms with van der Waals surface area (Å²) in [7, 11) is 0. The van der Waals surface area contributed by atoms with E-state index in [-0.39, 0.29) is 5.92 Å². The molecule has 1 atom stereocenters. The van der Waals surface area contributed by atoms with Gasteiger partial charge in [-0.3, -0.25) is 4.90 Å². The lowest BCUT2D eigenvalue weighted by molar-refractivity contribution is 0.0211. The van der Waals surface area contributed by atoms with E-state index in [0.717, 1.165) is 18.2 Å². The third kappa shape index (κ3) is 4.36. The van der Waals surface area contributed by atoms with Crippen molar-refractivity contribution in [3.05, 3.63) is 70.2 Å². The number of likely N-dealkylation sites (tertiary alicyclic amines) is 1. The molecule has 0 radical (unpaired) electrons. The van der Waals surface area contributed by atoms with Crippen LogP contribution in [0.15, 0.2) is 42.5 Å². The standard InChI is InChI=1S/C20H21ClF3N/c1-20(2,24)19(14-7-17(22)9-18(23)8-14)15-11-25(12-15)10-13-3-5-16(21)6-4-13/h3-9,15,19H,10-12H2,1-2H3. The summed E-state index contributed by atoms with van der Waals surface area (Å²) in [5.41, 5.74) is -0.0334. The van der Waals surface area contributed by atoms with E-state index in [1.165, 1.54) is 26.0 Å². The van der Waals surface area contributed by atoms with Crippen LogP contribution in [0.3, 0.4) is 0 Å². The zero-order chi connectivity index (χ0) is 18.2. The Labute approximate surface area is 151 Å². The fourth-order valence-electron chi connectivity index (χ4n) is 3.78. The van der Waals surface area contributed by atoms with Crippen LogP contribution in [0.1, 0.15) is 30.9 Å². The SMILES string of the molecule is CC(C)(F)C(c1cc(F)cc(F)c1)C1CN(Cc2ccc(Cl)cc2)C1.